The number of halogens is 1. The average Bonchev–Trinajstić information content (AvgIpc) is 3.53. The molecule has 0 aliphatic heterocycles. The van der Waals surface area contributed by atoms with Gasteiger partial charge in [-0.25, -0.2) is 0 Å². The molecule has 0 bridgehead atoms. The van der Waals surface area contributed by atoms with E-state index in [1.54, 1.807) is 35.9 Å². The van der Waals surface area contributed by atoms with E-state index in [-0.39, 0.29) is 35.6 Å². The highest BCUT2D eigenvalue weighted by molar-refractivity contribution is 6.30. The van der Waals surface area contributed by atoms with Crippen molar-refractivity contribution in [2.75, 3.05) is 13.7 Å². The quantitative estimate of drug-likeness (QED) is 0.310. The van der Waals surface area contributed by atoms with E-state index in [1.807, 2.05) is 39.0 Å². The van der Waals surface area contributed by atoms with Crippen LogP contribution in [-0.4, -0.2) is 41.5 Å². The molecular formula is C31H38ClN3O4. The van der Waals surface area contributed by atoms with E-state index in [0.717, 1.165) is 55.0 Å². The number of rotatable bonds is 10. The Morgan fingerprint density at radius 3 is 2.44 bits per heavy atom. The minimum atomic E-state index is -0.326. The second-order valence-electron chi connectivity index (χ2n) is 11.1. The lowest BCUT2D eigenvalue weighted by molar-refractivity contribution is -0.126. The van der Waals surface area contributed by atoms with Gasteiger partial charge in [-0.15, -0.1) is 0 Å². The maximum atomic E-state index is 13.5. The van der Waals surface area contributed by atoms with Gasteiger partial charge in [-0.2, -0.15) is 0 Å². The second-order valence-corrected chi connectivity index (χ2v) is 11.5. The summed E-state index contributed by atoms with van der Waals surface area (Å²) in [6.45, 7) is 6.43. The number of nitrogens with zero attached hydrogens (tertiary/aromatic N) is 1. The monoisotopic (exact) mass is 551 g/mol. The smallest absolute Gasteiger partial charge is 0.262 e. The van der Waals surface area contributed by atoms with Gasteiger partial charge in [-0.3, -0.25) is 19.0 Å². The number of hydrogen-bond acceptors (Lipinski definition) is 4. The summed E-state index contributed by atoms with van der Waals surface area (Å²) in [5.41, 5.74) is 2.40. The van der Waals surface area contributed by atoms with Gasteiger partial charge in [-0.05, 0) is 94.5 Å². The molecule has 1 aliphatic rings. The summed E-state index contributed by atoms with van der Waals surface area (Å²) in [5, 5.41) is 7.57. The zero-order chi connectivity index (χ0) is 28.2. The molecule has 208 valence electrons. The van der Waals surface area contributed by atoms with Crippen LogP contribution in [0.5, 0.6) is 5.75 Å². The summed E-state index contributed by atoms with van der Waals surface area (Å²) in [4.78, 5) is 39.0. The Morgan fingerprint density at radius 2 is 1.77 bits per heavy atom. The summed E-state index contributed by atoms with van der Waals surface area (Å²) in [7, 11) is 1.59. The van der Waals surface area contributed by atoms with Crippen LogP contribution in [0, 0.1) is 12.8 Å². The maximum absolute atomic E-state index is 13.5. The van der Waals surface area contributed by atoms with Gasteiger partial charge in [0.05, 0.1) is 19.0 Å². The number of aromatic nitrogens is 1. The van der Waals surface area contributed by atoms with E-state index in [1.165, 1.54) is 0 Å². The zero-order valence-electron chi connectivity index (χ0n) is 23.2. The van der Waals surface area contributed by atoms with Crippen LogP contribution in [0.1, 0.15) is 74.0 Å². The van der Waals surface area contributed by atoms with E-state index in [0.29, 0.717) is 28.6 Å². The lowest BCUT2D eigenvalue weighted by Gasteiger charge is -2.28. The molecule has 0 spiro atoms. The Labute approximate surface area is 235 Å². The molecule has 1 fully saturated rings. The van der Waals surface area contributed by atoms with Crippen LogP contribution in [0.15, 0.2) is 42.5 Å². The molecular weight excluding hydrogens is 514 g/mol. The highest BCUT2D eigenvalue weighted by Crippen LogP contribution is 2.31. The highest BCUT2D eigenvalue weighted by atomic mass is 35.5. The van der Waals surface area contributed by atoms with E-state index in [9.17, 15) is 14.4 Å². The Hall–Kier alpha value is -3.32. The fourth-order valence-electron chi connectivity index (χ4n) is 5.46. The summed E-state index contributed by atoms with van der Waals surface area (Å²) >= 11 is 6.01. The molecule has 4 rings (SSSR count). The Kier molecular flexibility index (Phi) is 9.01. The number of fused-ring (bicyclic) bond motifs is 1. The van der Waals surface area contributed by atoms with E-state index < -0.39 is 0 Å². The van der Waals surface area contributed by atoms with Gasteiger partial charge in [0.15, 0.2) is 0 Å². The van der Waals surface area contributed by atoms with Crippen molar-refractivity contribution in [2.45, 2.75) is 71.3 Å². The molecule has 3 aromatic rings. The molecule has 0 saturated heterocycles. The third-order valence-electron chi connectivity index (χ3n) is 7.66. The Balaban J connectivity index is 1.43. The number of carbonyl (C=O) groups excluding carboxylic acids is 3. The van der Waals surface area contributed by atoms with E-state index >= 15 is 0 Å². The van der Waals surface area contributed by atoms with Gasteiger partial charge in [-0.1, -0.05) is 24.4 Å². The summed E-state index contributed by atoms with van der Waals surface area (Å²) in [6.07, 6.45) is 5.85. The van der Waals surface area contributed by atoms with Crippen LogP contribution in [0.4, 0.5) is 0 Å². The summed E-state index contributed by atoms with van der Waals surface area (Å²) in [6, 6.07) is 12.3. The molecule has 2 aromatic carbocycles. The number of amides is 2. The summed E-state index contributed by atoms with van der Waals surface area (Å²) < 4.78 is 7.07. The van der Waals surface area contributed by atoms with Crippen LogP contribution >= 0.6 is 11.6 Å². The van der Waals surface area contributed by atoms with Crippen molar-refractivity contribution in [3.8, 4) is 5.75 Å². The summed E-state index contributed by atoms with van der Waals surface area (Å²) in [5.74, 6) is 0.637. The van der Waals surface area contributed by atoms with Crippen molar-refractivity contribution >= 4 is 40.2 Å². The van der Waals surface area contributed by atoms with Gasteiger partial charge in [0.1, 0.15) is 5.75 Å². The highest BCUT2D eigenvalue weighted by Gasteiger charge is 2.28. The first-order chi connectivity index (χ1) is 18.6. The predicted molar refractivity (Wildman–Crippen MR) is 155 cm³/mol. The van der Waals surface area contributed by atoms with Crippen molar-refractivity contribution in [1.82, 2.24) is 15.2 Å². The van der Waals surface area contributed by atoms with Crippen molar-refractivity contribution in [2.24, 2.45) is 5.92 Å². The number of hydrogen-bond donors (Lipinski definition) is 2. The van der Waals surface area contributed by atoms with Crippen LogP contribution in [0.3, 0.4) is 0 Å². The second kappa shape index (κ2) is 12.2. The molecule has 0 radical (unpaired) electrons. The van der Waals surface area contributed by atoms with E-state index in [2.05, 4.69) is 10.6 Å². The molecule has 0 atom stereocenters. The largest absolute Gasteiger partial charge is 0.497 e. The SMILES string of the molecule is COc1ccc2c(c1)c(CC(=O)NCCCC(C)(C)NC(=O)C1CCCC1)c(C)n2C(=O)c1ccc(Cl)cc1. The lowest BCUT2D eigenvalue weighted by atomic mass is 9.96. The van der Waals surface area contributed by atoms with Crippen LogP contribution in [-0.2, 0) is 16.0 Å². The van der Waals surface area contributed by atoms with Crippen LogP contribution in [0.2, 0.25) is 5.02 Å². The molecule has 39 heavy (non-hydrogen) atoms. The first-order valence-corrected chi connectivity index (χ1v) is 14.0. The molecule has 7 nitrogen and oxygen atoms in total. The molecule has 2 amide bonds. The molecule has 1 heterocycles. The van der Waals surface area contributed by atoms with Gasteiger partial charge in [0, 0.05) is 39.7 Å². The third kappa shape index (κ3) is 6.82. The molecule has 2 N–H and O–H groups in total. The van der Waals surface area contributed by atoms with Crippen LogP contribution in [0.25, 0.3) is 10.9 Å². The Morgan fingerprint density at radius 1 is 1.08 bits per heavy atom. The first kappa shape index (κ1) is 28.7. The van der Waals surface area contributed by atoms with Crippen molar-refractivity contribution < 1.29 is 19.1 Å². The molecule has 1 saturated carbocycles. The van der Waals surface area contributed by atoms with Crippen molar-refractivity contribution in [3.05, 3.63) is 64.3 Å². The van der Waals surface area contributed by atoms with E-state index in [4.69, 9.17) is 16.3 Å². The number of benzene rings is 2. The number of methoxy groups -OCH3 is 1. The van der Waals surface area contributed by atoms with Crippen LogP contribution < -0.4 is 15.4 Å². The minimum absolute atomic E-state index is 0.119. The molecule has 0 unspecified atom stereocenters. The predicted octanol–water partition coefficient (Wildman–Crippen LogP) is 5.82. The lowest BCUT2D eigenvalue weighted by Crippen LogP contribution is -2.46. The van der Waals surface area contributed by atoms with Crippen molar-refractivity contribution in [1.29, 1.82) is 0 Å². The molecule has 1 aliphatic carbocycles. The van der Waals surface area contributed by atoms with Gasteiger partial charge >= 0.3 is 0 Å². The standard InChI is InChI=1S/C31H38ClN3O4/c1-20-25(19-28(36)33-17-7-16-31(2,3)34-29(37)21-8-5-6-9-21)26-18-24(39-4)14-15-27(26)35(20)30(38)22-10-12-23(32)13-11-22/h10-15,18,21H,5-9,16-17,19H2,1-4H3,(H,33,36)(H,34,37). The van der Waals surface area contributed by atoms with Gasteiger partial charge in [0.25, 0.3) is 5.91 Å². The molecule has 8 heteroatoms. The zero-order valence-corrected chi connectivity index (χ0v) is 24.0. The average molecular weight is 552 g/mol. The first-order valence-electron chi connectivity index (χ1n) is 13.7. The van der Waals surface area contributed by atoms with Crippen molar-refractivity contribution in [3.63, 3.8) is 0 Å². The maximum Gasteiger partial charge on any atom is 0.262 e. The fourth-order valence-corrected chi connectivity index (χ4v) is 5.59. The minimum Gasteiger partial charge on any atom is -0.497 e. The molecule has 1 aromatic heterocycles. The van der Waals surface area contributed by atoms with Gasteiger partial charge < -0.3 is 15.4 Å². The Bertz CT molecular complexity index is 1350. The third-order valence-corrected chi connectivity index (χ3v) is 7.91. The van der Waals surface area contributed by atoms with Gasteiger partial charge in [0.2, 0.25) is 11.8 Å². The number of nitrogens with one attached hydrogen (secondary N) is 2. The normalized spacial score (nSPS) is 14.0. The fraction of sp³-hybridized carbons (Fsp3) is 0.452. The number of ether oxygens (including phenoxy) is 1. The number of carbonyl (C=O) groups is 3. The topological polar surface area (TPSA) is 89.4 Å².